The topological polar surface area (TPSA) is 42.7 Å². The molecule has 0 saturated carbocycles. The van der Waals surface area contributed by atoms with Gasteiger partial charge in [-0.05, 0) is 33.2 Å². The molecule has 0 spiro atoms. The summed E-state index contributed by atoms with van der Waals surface area (Å²) in [5, 5.41) is 9.34. The lowest BCUT2D eigenvalue weighted by molar-refractivity contribution is 0.591. The zero-order valence-corrected chi connectivity index (χ0v) is 13.8. The molecule has 1 unspecified atom stereocenters. The van der Waals surface area contributed by atoms with Crippen LogP contribution in [0, 0.1) is 13.8 Å². The van der Waals surface area contributed by atoms with Crippen LogP contribution in [0.25, 0.3) is 0 Å². The molecule has 1 atom stereocenters. The molecule has 5 heteroatoms. The minimum absolute atomic E-state index is 0.163. The molecule has 2 aromatic heterocycles. The first-order valence-corrected chi connectivity index (χ1v) is 8.08. The Morgan fingerprint density at radius 2 is 2.10 bits per heavy atom. The smallest absolute Gasteiger partial charge is 0.115 e. The van der Waals surface area contributed by atoms with Crippen molar-refractivity contribution in [1.82, 2.24) is 20.1 Å². The van der Waals surface area contributed by atoms with Crippen LogP contribution in [0.5, 0.6) is 0 Å². The van der Waals surface area contributed by atoms with E-state index in [1.165, 1.54) is 10.4 Å². The lowest BCUT2D eigenvalue weighted by atomic mass is 10.1. The Labute approximate surface area is 125 Å². The van der Waals surface area contributed by atoms with Crippen LogP contribution in [0.1, 0.15) is 53.1 Å². The molecule has 0 aliphatic rings. The van der Waals surface area contributed by atoms with Crippen LogP contribution in [-0.4, -0.2) is 21.3 Å². The van der Waals surface area contributed by atoms with E-state index in [-0.39, 0.29) is 6.04 Å². The highest BCUT2D eigenvalue weighted by atomic mass is 32.1. The second-order valence-electron chi connectivity index (χ2n) is 5.14. The van der Waals surface area contributed by atoms with Crippen molar-refractivity contribution in [1.29, 1.82) is 0 Å². The van der Waals surface area contributed by atoms with Gasteiger partial charge in [-0.3, -0.25) is 4.68 Å². The van der Waals surface area contributed by atoms with Gasteiger partial charge in [0.25, 0.3) is 0 Å². The van der Waals surface area contributed by atoms with Gasteiger partial charge in [0.05, 0.1) is 17.4 Å². The first-order valence-electron chi connectivity index (χ1n) is 7.26. The molecule has 0 bridgehead atoms. The fourth-order valence-corrected chi connectivity index (χ4v) is 3.33. The summed E-state index contributed by atoms with van der Waals surface area (Å²) in [6.45, 7) is 9.54. The molecule has 2 rings (SSSR count). The lowest BCUT2D eigenvalue weighted by Gasteiger charge is -2.16. The van der Waals surface area contributed by atoms with Crippen molar-refractivity contribution in [2.24, 2.45) is 7.05 Å². The summed E-state index contributed by atoms with van der Waals surface area (Å²) in [6, 6.07) is 0.163. The van der Waals surface area contributed by atoms with Crippen molar-refractivity contribution in [3.63, 3.8) is 0 Å². The van der Waals surface area contributed by atoms with E-state index < -0.39 is 0 Å². The van der Waals surface area contributed by atoms with Crippen molar-refractivity contribution < 1.29 is 0 Å². The zero-order valence-electron chi connectivity index (χ0n) is 13.0. The van der Waals surface area contributed by atoms with Gasteiger partial charge < -0.3 is 5.32 Å². The van der Waals surface area contributed by atoms with Gasteiger partial charge >= 0.3 is 0 Å². The van der Waals surface area contributed by atoms with Gasteiger partial charge in [0.1, 0.15) is 5.01 Å². The largest absolute Gasteiger partial charge is 0.304 e. The molecule has 0 saturated heterocycles. The Kier molecular flexibility index (Phi) is 4.94. The first-order chi connectivity index (χ1) is 9.56. The monoisotopic (exact) mass is 292 g/mol. The second kappa shape index (κ2) is 6.50. The Hall–Kier alpha value is -1.20. The Balaban J connectivity index is 2.40. The van der Waals surface area contributed by atoms with Gasteiger partial charge in [-0.15, -0.1) is 11.3 Å². The van der Waals surface area contributed by atoms with Gasteiger partial charge in [0.15, 0.2) is 0 Å². The Morgan fingerprint density at radius 3 is 2.65 bits per heavy atom. The SMILES string of the molecule is CCCNC(c1nc(C)c(C)s1)c1cn(C)nc1CC. The summed E-state index contributed by atoms with van der Waals surface area (Å²) in [5.41, 5.74) is 3.55. The molecule has 2 aromatic rings. The number of aryl methyl sites for hydroxylation is 4. The molecular formula is C15H24N4S. The summed E-state index contributed by atoms with van der Waals surface area (Å²) in [7, 11) is 1.98. The van der Waals surface area contributed by atoms with E-state index in [2.05, 4.69) is 44.3 Å². The fourth-order valence-electron chi connectivity index (χ4n) is 2.31. The van der Waals surface area contributed by atoms with Gasteiger partial charge in [-0.25, -0.2) is 4.98 Å². The van der Waals surface area contributed by atoms with E-state index in [0.717, 1.165) is 35.8 Å². The van der Waals surface area contributed by atoms with E-state index in [9.17, 15) is 0 Å². The van der Waals surface area contributed by atoms with E-state index in [1.807, 2.05) is 11.7 Å². The third kappa shape index (κ3) is 3.10. The van der Waals surface area contributed by atoms with Crippen LogP contribution in [0.15, 0.2) is 6.20 Å². The summed E-state index contributed by atoms with van der Waals surface area (Å²) < 4.78 is 1.90. The average Bonchev–Trinajstić information content (AvgIpc) is 2.94. The number of nitrogens with one attached hydrogen (secondary N) is 1. The molecule has 4 nitrogen and oxygen atoms in total. The average molecular weight is 292 g/mol. The minimum atomic E-state index is 0.163. The molecule has 0 fully saturated rings. The van der Waals surface area contributed by atoms with Crippen LogP contribution >= 0.6 is 11.3 Å². The van der Waals surface area contributed by atoms with E-state index in [4.69, 9.17) is 4.98 Å². The number of hydrogen-bond acceptors (Lipinski definition) is 4. The molecular weight excluding hydrogens is 268 g/mol. The van der Waals surface area contributed by atoms with Crippen LogP contribution < -0.4 is 5.32 Å². The summed E-state index contributed by atoms with van der Waals surface area (Å²) >= 11 is 1.79. The molecule has 20 heavy (non-hydrogen) atoms. The van der Waals surface area contributed by atoms with Gasteiger partial charge in [0.2, 0.25) is 0 Å². The van der Waals surface area contributed by atoms with Gasteiger partial charge in [-0.1, -0.05) is 13.8 Å². The first kappa shape index (κ1) is 15.2. The van der Waals surface area contributed by atoms with Crippen LogP contribution in [0.4, 0.5) is 0 Å². The van der Waals surface area contributed by atoms with Crippen LogP contribution in [0.3, 0.4) is 0 Å². The highest BCUT2D eigenvalue weighted by Gasteiger charge is 2.22. The number of hydrogen-bond donors (Lipinski definition) is 1. The highest BCUT2D eigenvalue weighted by molar-refractivity contribution is 7.11. The molecule has 110 valence electrons. The van der Waals surface area contributed by atoms with Crippen molar-refractivity contribution in [3.8, 4) is 0 Å². The van der Waals surface area contributed by atoms with Crippen LogP contribution in [0.2, 0.25) is 0 Å². The minimum Gasteiger partial charge on any atom is -0.304 e. The standard InChI is InChI=1S/C15H24N4S/c1-6-8-16-14(15-17-10(3)11(4)20-15)12-9-19(5)18-13(12)7-2/h9,14,16H,6-8H2,1-5H3. The lowest BCUT2D eigenvalue weighted by Crippen LogP contribution is -2.23. The quantitative estimate of drug-likeness (QED) is 0.889. The number of aromatic nitrogens is 3. The Morgan fingerprint density at radius 1 is 1.35 bits per heavy atom. The van der Waals surface area contributed by atoms with Crippen LogP contribution in [-0.2, 0) is 13.5 Å². The third-order valence-electron chi connectivity index (χ3n) is 3.47. The number of thiazole rings is 1. The van der Waals surface area contributed by atoms with Gasteiger partial charge in [-0.2, -0.15) is 5.10 Å². The number of nitrogens with zero attached hydrogens (tertiary/aromatic N) is 3. The molecule has 0 amide bonds. The highest BCUT2D eigenvalue weighted by Crippen LogP contribution is 2.29. The van der Waals surface area contributed by atoms with E-state index in [0.29, 0.717) is 0 Å². The van der Waals surface area contributed by atoms with Crippen molar-refractivity contribution >= 4 is 11.3 Å². The third-order valence-corrected chi connectivity index (χ3v) is 4.61. The molecule has 0 radical (unpaired) electrons. The van der Waals surface area contributed by atoms with Crippen molar-refractivity contribution in [2.45, 2.75) is 46.6 Å². The van der Waals surface area contributed by atoms with Crippen molar-refractivity contribution in [2.75, 3.05) is 6.54 Å². The summed E-state index contributed by atoms with van der Waals surface area (Å²) in [4.78, 5) is 6.04. The predicted molar refractivity (Wildman–Crippen MR) is 84.3 cm³/mol. The van der Waals surface area contributed by atoms with E-state index in [1.54, 1.807) is 11.3 Å². The van der Waals surface area contributed by atoms with Gasteiger partial charge in [0, 0.05) is 23.7 Å². The molecule has 0 aliphatic heterocycles. The summed E-state index contributed by atoms with van der Waals surface area (Å²) in [6.07, 6.45) is 4.18. The maximum Gasteiger partial charge on any atom is 0.115 e. The molecule has 2 heterocycles. The maximum absolute atomic E-state index is 4.74. The number of rotatable bonds is 6. The zero-order chi connectivity index (χ0) is 14.7. The molecule has 1 N–H and O–H groups in total. The van der Waals surface area contributed by atoms with Crippen molar-refractivity contribution in [3.05, 3.63) is 33.0 Å². The predicted octanol–water partition coefficient (Wildman–Crippen LogP) is 3.14. The molecule has 0 aromatic carbocycles. The normalized spacial score (nSPS) is 12.8. The second-order valence-corrected chi connectivity index (χ2v) is 6.37. The summed E-state index contributed by atoms with van der Waals surface area (Å²) in [5.74, 6) is 0. The molecule has 0 aliphatic carbocycles. The Bertz CT molecular complexity index is 551. The fraction of sp³-hybridized carbons (Fsp3) is 0.600. The maximum atomic E-state index is 4.74. The van der Waals surface area contributed by atoms with E-state index >= 15 is 0 Å².